The molecule has 0 saturated carbocycles. The fraction of sp³-hybridized carbons (Fsp3) is 0.214. The van der Waals surface area contributed by atoms with E-state index < -0.39 is 11.9 Å². The van der Waals surface area contributed by atoms with Crippen LogP contribution in [-0.2, 0) is 9.53 Å². The van der Waals surface area contributed by atoms with E-state index in [0.717, 1.165) is 5.56 Å². The molecule has 1 aliphatic carbocycles. The standard InChI is InChI=1S/C28H28N2O5/c1-2-3-17-33-24-13-8-22(9-14-24)28(32)35-25-11-4-20(5-12-25)6-15-27(31)34-18-16-21-7-10-23(29)19-26(21)30/h4-15,19,21,26H,16-18,29-30H2,1H3/b15-6+. The molecular weight excluding hydrogens is 444 g/mol. The molecule has 3 rings (SSSR count). The van der Waals surface area contributed by atoms with Crippen molar-refractivity contribution < 1.29 is 23.8 Å². The summed E-state index contributed by atoms with van der Waals surface area (Å²) in [4.78, 5) is 24.3. The molecule has 0 bridgehead atoms. The maximum Gasteiger partial charge on any atom is 0.343 e. The van der Waals surface area contributed by atoms with Crippen molar-refractivity contribution >= 4 is 18.0 Å². The highest BCUT2D eigenvalue weighted by Gasteiger charge is 2.16. The third kappa shape index (κ3) is 8.22. The van der Waals surface area contributed by atoms with Crippen LogP contribution < -0.4 is 20.9 Å². The topological polar surface area (TPSA) is 114 Å². The number of benzene rings is 2. The normalized spacial score (nSPS) is 16.7. The lowest BCUT2D eigenvalue weighted by atomic mass is 9.92. The SMILES string of the molecule is CC#CCOc1ccc(C(=O)Oc2ccc(/C=C/C(=O)OCCC3C=CC(N)=CC3N)cc2)cc1. The number of rotatable bonds is 9. The summed E-state index contributed by atoms with van der Waals surface area (Å²) in [5.74, 6) is 5.72. The third-order valence-electron chi connectivity index (χ3n) is 5.19. The summed E-state index contributed by atoms with van der Waals surface area (Å²) in [7, 11) is 0. The highest BCUT2D eigenvalue weighted by Crippen LogP contribution is 2.18. The van der Waals surface area contributed by atoms with E-state index in [9.17, 15) is 9.59 Å². The second-order valence-electron chi connectivity index (χ2n) is 7.75. The van der Waals surface area contributed by atoms with Crippen LogP contribution in [0.5, 0.6) is 11.5 Å². The lowest BCUT2D eigenvalue weighted by molar-refractivity contribution is -0.137. The zero-order valence-corrected chi connectivity index (χ0v) is 19.5. The molecule has 7 heteroatoms. The molecule has 0 saturated heterocycles. The Hall–Kier alpha value is -4.28. The molecule has 0 radical (unpaired) electrons. The van der Waals surface area contributed by atoms with E-state index in [1.165, 1.54) is 6.08 Å². The minimum atomic E-state index is -0.484. The van der Waals surface area contributed by atoms with Crippen LogP contribution in [0.4, 0.5) is 0 Å². The third-order valence-corrected chi connectivity index (χ3v) is 5.19. The summed E-state index contributed by atoms with van der Waals surface area (Å²) in [6, 6.07) is 13.2. The molecule has 0 spiro atoms. The maximum absolute atomic E-state index is 12.4. The van der Waals surface area contributed by atoms with Gasteiger partial charge in [-0.15, -0.1) is 5.92 Å². The number of ether oxygens (including phenoxy) is 3. The van der Waals surface area contributed by atoms with E-state index in [-0.39, 0.29) is 18.6 Å². The lowest BCUT2D eigenvalue weighted by Crippen LogP contribution is -2.31. The molecule has 2 atom stereocenters. The highest BCUT2D eigenvalue weighted by molar-refractivity contribution is 5.91. The average molecular weight is 473 g/mol. The minimum absolute atomic E-state index is 0.0845. The van der Waals surface area contributed by atoms with E-state index in [4.69, 9.17) is 25.7 Å². The van der Waals surface area contributed by atoms with Gasteiger partial charge in [0.25, 0.3) is 0 Å². The summed E-state index contributed by atoms with van der Waals surface area (Å²) >= 11 is 0. The fourth-order valence-electron chi connectivity index (χ4n) is 3.25. The second kappa shape index (κ2) is 12.8. The Morgan fingerprint density at radius 3 is 2.46 bits per heavy atom. The van der Waals surface area contributed by atoms with Crippen LogP contribution in [0.25, 0.3) is 6.08 Å². The van der Waals surface area contributed by atoms with Gasteiger partial charge in [0.2, 0.25) is 0 Å². The van der Waals surface area contributed by atoms with Gasteiger partial charge in [-0.2, -0.15) is 0 Å². The first kappa shape index (κ1) is 25.3. The van der Waals surface area contributed by atoms with Crippen LogP contribution in [0.2, 0.25) is 0 Å². The van der Waals surface area contributed by atoms with Gasteiger partial charge < -0.3 is 25.7 Å². The van der Waals surface area contributed by atoms with Crippen LogP contribution in [0.1, 0.15) is 29.3 Å². The van der Waals surface area contributed by atoms with Crippen molar-refractivity contribution in [3.05, 3.63) is 89.7 Å². The van der Waals surface area contributed by atoms with Crippen molar-refractivity contribution in [3.8, 4) is 23.3 Å². The lowest BCUT2D eigenvalue weighted by Gasteiger charge is -2.21. The van der Waals surface area contributed by atoms with Gasteiger partial charge >= 0.3 is 11.9 Å². The first-order valence-electron chi connectivity index (χ1n) is 11.2. The molecule has 35 heavy (non-hydrogen) atoms. The molecule has 2 aromatic carbocycles. The predicted molar refractivity (Wildman–Crippen MR) is 134 cm³/mol. The molecule has 2 unspecified atom stereocenters. The van der Waals surface area contributed by atoms with Crippen molar-refractivity contribution in [1.29, 1.82) is 0 Å². The van der Waals surface area contributed by atoms with E-state index in [0.29, 0.717) is 35.8 Å². The van der Waals surface area contributed by atoms with E-state index >= 15 is 0 Å². The smallest absolute Gasteiger partial charge is 0.343 e. The summed E-state index contributed by atoms with van der Waals surface area (Å²) in [6.45, 7) is 2.29. The molecule has 7 nitrogen and oxygen atoms in total. The molecule has 1 aliphatic rings. The molecule has 4 N–H and O–H groups in total. The van der Waals surface area contributed by atoms with Crippen molar-refractivity contribution in [1.82, 2.24) is 0 Å². The monoisotopic (exact) mass is 472 g/mol. The van der Waals surface area contributed by atoms with Gasteiger partial charge in [-0.3, -0.25) is 0 Å². The first-order chi connectivity index (χ1) is 16.9. The molecule has 0 fully saturated rings. The maximum atomic E-state index is 12.4. The molecule has 0 heterocycles. The number of nitrogens with two attached hydrogens (primary N) is 2. The largest absolute Gasteiger partial charge is 0.481 e. The van der Waals surface area contributed by atoms with Gasteiger partial charge in [0.05, 0.1) is 12.2 Å². The molecule has 0 aliphatic heterocycles. The molecular formula is C28H28N2O5. The van der Waals surface area contributed by atoms with Crippen molar-refractivity contribution in [3.63, 3.8) is 0 Å². The zero-order valence-electron chi connectivity index (χ0n) is 19.5. The van der Waals surface area contributed by atoms with Gasteiger partial charge in [0.15, 0.2) is 0 Å². The predicted octanol–water partition coefficient (Wildman–Crippen LogP) is 3.61. The summed E-state index contributed by atoms with van der Waals surface area (Å²) in [6.07, 6.45) is 9.14. The number of carbonyl (C=O) groups excluding carboxylic acids is 2. The Bertz CT molecular complexity index is 1170. The van der Waals surface area contributed by atoms with Gasteiger partial charge in [0.1, 0.15) is 18.1 Å². The van der Waals surface area contributed by atoms with Crippen molar-refractivity contribution in [2.75, 3.05) is 13.2 Å². The quantitative estimate of drug-likeness (QED) is 0.248. The minimum Gasteiger partial charge on any atom is -0.481 e. The number of carbonyl (C=O) groups is 2. The summed E-state index contributed by atoms with van der Waals surface area (Å²) < 4.78 is 16.1. The van der Waals surface area contributed by atoms with E-state index in [1.807, 2.05) is 12.2 Å². The number of esters is 2. The van der Waals surface area contributed by atoms with Gasteiger partial charge in [-0.1, -0.05) is 24.1 Å². The molecule has 180 valence electrons. The Kier molecular flexibility index (Phi) is 9.29. The summed E-state index contributed by atoms with van der Waals surface area (Å²) in [5, 5.41) is 0. The van der Waals surface area contributed by atoms with Gasteiger partial charge in [-0.25, -0.2) is 9.59 Å². The Labute approximate surface area is 205 Å². The Balaban J connectivity index is 1.43. The number of hydrogen-bond acceptors (Lipinski definition) is 7. The Morgan fingerprint density at radius 2 is 1.77 bits per heavy atom. The van der Waals surface area contributed by atoms with Gasteiger partial charge in [-0.05, 0) is 79.5 Å². The number of allylic oxidation sites excluding steroid dienone is 1. The van der Waals surface area contributed by atoms with Crippen molar-refractivity contribution in [2.45, 2.75) is 19.4 Å². The van der Waals surface area contributed by atoms with Crippen LogP contribution >= 0.6 is 0 Å². The Morgan fingerprint density at radius 1 is 1.06 bits per heavy atom. The molecule has 2 aromatic rings. The average Bonchev–Trinajstić information content (AvgIpc) is 2.85. The van der Waals surface area contributed by atoms with E-state index in [2.05, 4.69) is 11.8 Å². The highest BCUT2D eigenvalue weighted by atomic mass is 16.5. The molecule has 0 amide bonds. The van der Waals surface area contributed by atoms with Crippen molar-refractivity contribution in [2.24, 2.45) is 17.4 Å². The molecule has 0 aromatic heterocycles. The van der Waals surface area contributed by atoms with Crippen LogP contribution in [0, 0.1) is 17.8 Å². The van der Waals surface area contributed by atoms with Crippen LogP contribution in [-0.4, -0.2) is 31.2 Å². The summed E-state index contributed by atoms with van der Waals surface area (Å²) in [5.41, 5.74) is 13.5. The second-order valence-corrected chi connectivity index (χ2v) is 7.75. The fourth-order valence-corrected chi connectivity index (χ4v) is 3.25. The van der Waals surface area contributed by atoms with Crippen LogP contribution in [0.3, 0.4) is 0 Å². The number of hydrogen-bond donors (Lipinski definition) is 2. The first-order valence-corrected chi connectivity index (χ1v) is 11.2. The van der Waals surface area contributed by atoms with E-state index in [1.54, 1.807) is 67.6 Å². The van der Waals surface area contributed by atoms with Gasteiger partial charge in [0, 0.05) is 17.8 Å². The zero-order chi connectivity index (χ0) is 25.0. The van der Waals surface area contributed by atoms with Crippen LogP contribution in [0.15, 0.2) is 78.5 Å².